The Morgan fingerprint density at radius 3 is 2.73 bits per heavy atom. The van der Waals surface area contributed by atoms with Crippen LogP contribution < -0.4 is 0 Å². The SMILES string of the molecule is OCc1cc(Cl)cc(I)c1F. The molecule has 0 aliphatic rings. The van der Waals surface area contributed by atoms with Gasteiger partial charge < -0.3 is 5.11 Å². The highest BCUT2D eigenvalue weighted by molar-refractivity contribution is 14.1. The van der Waals surface area contributed by atoms with E-state index in [2.05, 4.69) is 0 Å². The maximum atomic E-state index is 13.0. The number of hydrogen-bond acceptors (Lipinski definition) is 1. The monoisotopic (exact) mass is 286 g/mol. The smallest absolute Gasteiger partial charge is 0.142 e. The van der Waals surface area contributed by atoms with Crippen LogP contribution in [0.5, 0.6) is 0 Å². The molecule has 1 nitrogen and oxygen atoms in total. The fourth-order valence-corrected chi connectivity index (χ4v) is 1.83. The third kappa shape index (κ3) is 2.04. The number of hydrogen-bond donors (Lipinski definition) is 1. The van der Waals surface area contributed by atoms with Gasteiger partial charge in [0.05, 0.1) is 10.2 Å². The number of benzene rings is 1. The largest absolute Gasteiger partial charge is 0.392 e. The summed E-state index contributed by atoms with van der Waals surface area (Å²) in [7, 11) is 0. The van der Waals surface area contributed by atoms with Crippen molar-refractivity contribution in [2.75, 3.05) is 0 Å². The van der Waals surface area contributed by atoms with Crippen molar-refractivity contribution in [1.29, 1.82) is 0 Å². The zero-order valence-electron chi connectivity index (χ0n) is 5.44. The average Bonchev–Trinajstić information content (AvgIpc) is 1.96. The summed E-state index contributed by atoms with van der Waals surface area (Å²) in [5.41, 5.74) is 0.238. The van der Waals surface area contributed by atoms with E-state index < -0.39 is 5.82 Å². The van der Waals surface area contributed by atoms with Gasteiger partial charge >= 0.3 is 0 Å². The minimum atomic E-state index is -0.391. The van der Waals surface area contributed by atoms with E-state index in [4.69, 9.17) is 16.7 Å². The van der Waals surface area contributed by atoms with Crippen LogP contribution in [0.2, 0.25) is 5.02 Å². The zero-order valence-corrected chi connectivity index (χ0v) is 8.36. The summed E-state index contributed by atoms with van der Waals surface area (Å²) >= 11 is 7.45. The van der Waals surface area contributed by atoms with Gasteiger partial charge in [-0.1, -0.05) is 11.6 Å². The second kappa shape index (κ2) is 3.69. The molecule has 0 radical (unpaired) electrons. The lowest BCUT2D eigenvalue weighted by molar-refractivity contribution is 0.275. The number of aliphatic hydroxyl groups is 1. The van der Waals surface area contributed by atoms with E-state index in [1.54, 1.807) is 0 Å². The van der Waals surface area contributed by atoms with Gasteiger partial charge in [-0.2, -0.15) is 0 Å². The highest BCUT2D eigenvalue weighted by Gasteiger charge is 2.06. The lowest BCUT2D eigenvalue weighted by Crippen LogP contribution is -1.92. The molecule has 0 fully saturated rings. The van der Waals surface area contributed by atoms with Gasteiger partial charge in [-0.3, -0.25) is 0 Å². The quantitative estimate of drug-likeness (QED) is 0.621. The first kappa shape index (κ1) is 9.22. The summed E-state index contributed by atoms with van der Waals surface area (Å²) in [5.74, 6) is -0.391. The molecule has 11 heavy (non-hydrogen) atoms. The zero-order chi connectivity index (χ0) is 8.43. The Bertz CT molecular complexity index is 277. The van der Waals surface area contributed by atoms with E-state index in [0.29, 0.717) is 8.59 Å². The van der Waals surface area contributed by atoms with E-state index in [0.717, 1.165) is 0 Å². The van der Waals surface area contributed by atoms with Crippen molar-refractivity contribution in [1.82, 2.24) is 0 Å². The Kier molecular flexibility index (Phi) is 3.09. The lowest BCUT2D eigenvalue weighted by Gasteiger charge is -2.01. The molecule has 0 amide bonds. The highest BCUT2D eigenvalue weighted by atomic mass is 127. The second-order valence-corrected chi connectivity index (χ2v) is 3.62. The summed E-state index contributed by atoms with van der Waals surface area (Å²) in [6.45, 7) is -0.317. The number of halogens is 3. The number of rotatable bonds is 1. The van der Waals surface area contributed by atoms with Crippen molar-refractivity contribution in [2.24, 2.45) is 0 Å². The highest BCUT2D eigenvalue weighted by Crippen LogP contribution is 2.20. The maximum Gasteiger partial charge on any atom is 0.142 e. The Morgan fingerprint density at radius 2 is 2.18 bits per heavy atom. The molecule has 60 valence electrons. The van der Waals surface area contributed by atoms with Crippen LogP contribution in [0, 0.1) is 9.39 Å². The van der Waals surface area contributed by atoms with Gasteiger partial charge in [-0.05, 0) is 34.7 Å². The van der Waals surface area contributed by atoms with Crippen LogP contribution in [0.1, 0.15) is 5.56 Å². The van der Waals surface area contributed by atoms with Crippen molar-refractivity contribution in [3.63, 3.8) is 0 Å². The van der Waals surface area contributed by atoms with Gasteiger partial charge in [0.1, 0.15) is 5.82 Å². The molecule has 0 bridgehead atoms. The molecule has 0 saturated heterocycles. The third-order valence-electron chi connectivity index (χ3n) is 1.24. The van der Waals surface area contributed by atoms with Crippen molar-refractivity contribution < 1.29 is 9.50 Å². The normalized spacial score (nSPS) is 10.2. The van der Waals surface area contributed by atoms with Gasteiger partial charge in [0.15, 0.2) is 0 Å². The molecule has 0 aromatic heterocycles. The van der Waals surface area contributed by atoms with Crippen molar-refractivity contribution in [3.05, 3.63) is 32.1 Å². The predicted molar refractivity (Wildman–Crippen MR) is 50.0 cm³/mol. The molecule has 0 aliphatic carbocycles. The van der Waals surface area contributed by atoms with Crippen LogP contribution >= 0.6 is 34.2 Å². The average molecular weight is 286 g/mol. The number of aliphatic hydroxyl groups excluding tert-OH is 1. The van der Waals surface area contributed by atoms with Crippen molar-refractivity contribution >= 4 is 34.2 Å². The maximum absolute atomic E-state index is 13.0. The summed E-state index contributed by atoms with van der Waals surface area (Å²) < 4.78 is 13.4. The van der Waals surface area contributed by atoms with E-state index in [9.17, 15) is 4.39 Å². The van der Waals surface area contributed by atoms with Crippen LogP contribution in [0.4, 0.5) is 4.39 Å². The molecule has 0 spiro atoms. The summed E-state index contributed by atoms with van der Waals surface area (Å²) in [4.78, 5) is 0. The molecule has 1 rings (SSSR count). The molecular formula is C7H5ClFIO. The first-order valence-corrected chi connectivity index (χ1v) is 4.35. The summed E-state index contributed by atoms with van der Waals surface area (Å²) in [6, 6.07) is 2.93. The predicted octanol–water partition coefficient (Wildman–Crippen LogP) is 2.58. The van der Waals surface area contributed by atoms with Crippen molar-refractivity contribution in [2.45, 2.75) is 6.61 Å². The lowest BCUT2D eigenvalue weighted by atomic mass is 10.2. The first-order valence-electron chi connectivity index (χ1n) is 2.89. The molecule has 1 aromatic rings. The Morgan fingerprint density at radius 1 is 1.55 bits per heavy atom. The van der Waals surface area contributed by atoms with Gasteiger partial charge in [0, 0.05) is 10.6 Å². The van der Waals surface area contributed by atoms with Crippen molar-refractivity contribution in [3.8, 4) is 0 Å². The van der Waals surface area contributed by atoms with Crippen LogP contribution in [-0.2, 0) is 6.61 Å². The summed E-state index contributed by atoms with van der Waals surface area (Å²) in [6.07, 6.45) is 0. The van der Waals surface area contributed by atoms with Crippen LogP contribution in [0.15, 0.2) is 12.1 Å². The van der Waals surface area contributed by atoms with E-state index >= 15 is 0 Å². The molecule has 0 saturated carbocycles. The Hall–Kier alpha value is 0.130. The minimum absolute atomic E-state index is 0.238. The van der Waals surface area contributed by atoms with Gasteiger partial charge in [-0.15, -0.1) is 0 Å². The Balaban J connectivity index is 3.24. The standard InChI is InChI=1S/C7H5ClFIO/c8-5-1-4(3-11)7(9)6(10)2-5/h1-2,11H,3H2. The van der Waals surface area contributed by atoms with Crippen LogP contribution in [-0.4, -0.2) is 5.11 Å². The van der Waals surface area contributed by atoms with E-state index in [1.807, 2.05) is 22.6 Å². The molecule has 0 heterocycles. The topological polar surface area (TPSA) is 20.2 Å². The van der Waals surface area contributed by atoms with Gasteiger partial charge in [-0.25, -0.2) is 4.39 Å². The Labute approximate surface area is 82.3 Å². The molecule has 4 heteroatoms. The first-order chi connectivity index (χ1) is 5.15. The molecule has 0 unspecified atom stereocenters. The third-order valence-corrected chi connectivity index (χ3v) is 2.24. The second-order valence-electron chi connectivity index (χ2n) is 2.02. The molecule has 0 atom stereocenters. The molecule has 1 aromatic carbocycles. The fraction of sp³-hybridized carbons (Fsp3) is 0.143. The van der Waals surface area contributed by atoms with Crippen LogP contribution in [0.3, 0.4) is 0 Å². The summed E-state index contributed by atoms with van der Waals surface area (Å²) in [5, 5.41) is 9.11. The van der Waals surface area contributed by atoms with Gasteiger partial charge in [0.25, 0.3) is 0 Å². The van der Waals surface area contributed by atoms with Crippen LogP contribution in [0.25, 0.3) is 0 Å². The molecular weight excluding hydrogens is 281 g/mol. The minimum Gasteiger partial charge on any atom is -0.392 e. The van der Waals surface area contributed by atoms with Gasteiger partial charge in [0.2, 0.25) is 0 Å². The molecule has 0 aliphatic heterocycles. The van der Waals surface area contributed by atoms with E-state index in [1.165, 1.54) is 12.1 Å². The van der Waals surface area contributed by atoms with E-state index in [-0.39, 0.29) is 12.2 Å². The molecule has 1 N–H and O–H groups in total. The fourth-order valence-electron chi connectivity index (χ4n) is 0.724.